The molecular formula is C23H29N3O3. The lowest BCUT2D eigenvalue weighted by Crippen LogP contribution is -2.41. The SMILES string of the molecule is CC(C)(C)OC(=O)N1CCCN(C(=O)Nc2ccc(-c3ccccc3)cc2)CC1. The van der Waals surface area contributed by atoms with Gasteiger partial charge in [0.1, 0.15) is 5.60 Å². The highest BCUT2D eigenvalue weighted by atomic mass is 16.6. The third kappa shape index (κ3) is 5.98. The van der Waals surface area contributed by atoms with Gasteiger partial charge in [0.15, 0.2) is 0 Å². The van der Waals surface area contributed by atoms with Crippen molar-refractivity contribution in [1.29, 1.82) is 0 Å². The first-order valence-corrected chi connectivity index (χ1v) is 10.0. The lowest BCUT2D eigenvalue weighted by molar-refractivity contribution is 0.0259. The van der Waals surface area contributed by atoms with Gasteiger partial charge in [0.2, 0.25) is 0 Å². The molecule has 1 fully saturated rings. The number of ether oxygens (including phenoxy) is 1. The van der Waals surface area contributed by atoms with E-state index >= 15 is 0 Å². The van der Waals surface area contributed by atoms with Gasteiger partial charge in [-0.15, -0.1) is 0 Å². The molecule has 6 heteroatoms. The maximum atomic E-state index is 12.7. The van der Waals surface area contributed by atoms with E-state index in [0.717, 1.165) is 23.2 Å². The Balaban J connectivity index is 1.55. The zero-order valence-corrected chi connectivity index (χ0v) is 17.4. The van der Waals surface area contributed by atoms with Crippen LogP contribution in [0, 0.1) is 0 Å². The normalized spacial score (nSPS) is 14.9. The van der Waals surface area contributed by atoms with Crippen LogP contribution in [0.15, 0.2) is 54.6 Å². The van der Waals surface area contributed by atoms with E-state index in [1.165, 1.54) is 0 Å². The largest absolute Gasteiger partial charge is 0.444 e. The number of hydrogen-bond donors (Lipinski definition) is 1. The van der Waals surface area contributed by atoms with Crippen LogP contribution < -0.4 is 5.32 Å². The smallest absolute Gasteiger partial charge is 0.410 e. The number of carbonyl (C=O) groups is 2. The molecule has 2 aromatic rings. The third-order valence-electron chi connectivity index (χ3n) is 4.68. The van der Waals surface area contributed by atoms with Crippen LogP contribution in [0.25, 0.3) is 11.1 Å². The van der Waals surface area contributed by atoms with Crippen LogP contribution in [0.2, 0.25) is 0 Å². The van der Waals surface area contributed by atoms with E-state index in [9.17, 15) is 9.59 Å². The zero-order chi connectivity index (χ0) is 20.9. The molecule has 0 bridgehead atoms. The van der Waals surface area contributed by atoms with Gasteiger partial charge in [-0.05, 0) is 50.5 Å². The summed E-state index contributed by atoms with van der Waals surface area (Å²) < 4.78 is 5.44. The monoisotopic (exact) mass is 395 g/mol. The molecule has 3 rings (SSSR count). The van der Waals surface area contributed by atoms with Crippen LogP contribution >= 0.6 is 0 Å². The van der Waals surface area contributed by atoms with Crippen molar-refractivity contribution in [2.45, 2.75) is 32.8 Å². The molecule has 0 aromatic heterocycles. The molecule has 0 unspecified atom stereocenters. The van der Waals surface area contributed by atoms with Crippen molar-refractivity contribution in [1.82, 2.24) is 9.80 Å². The number of carbonyl (C=O) groups excluding carboxylic acids is 2. The Kier molecular flexibility index (Phi) is 6.42. The average Bonchev–Trinajstić information content (AvgIpc) is 2.94. The standard InChI is InChI=1S/C23H29N3O3/c1-23(2,3)29-22(28)26-15-7-14-25(16-17-26)21(27)24-20-12-10-19(11-13-20)18-8-5-4-6-9-18/h4-6,8-13H,7,14-17H2,1-3H3,(H,24,27). The van der Waals surface area contributed by atoms with E-state index in [1.807, 2.05) is 63.2 Å². The molecule has 0 radical (unpaired) electrons. The van der Waals surface area contributed by atoms with Gasteiger partial charge in [-0.3, -0.25) is 0 Å². The van der Waals surface area contributed by atoms with Crippen molar-refractivity contribution in [2.75, 3.05) is 31.5 Å². The molecular weight excluding hydrogens is 366 g/mol. The fourth-order valence-electron chi connectivity index (χ4n) is 3.21. The predicted molar refractivity (Wildman–Crippen MR) is 115 cm³/mol. The van der Waals surface area contributed by atoms with Crippen molar-refractivity contribution in [3.8, 4) is 11.1 Å². The Labute approximate surface area is 172 Å². The predicted octanol–water partition coefficient (Wildman–Crippen LogP) is 4.83. The van der Waals surface area contributed by atoms with Crippen LogP contribution in [0.5, 0.6) is 0 Å². The molecule has 1 aliphatic rings. The molecule has 154 valence electrons. The Hall–Kier alpha value is -3.02. The number of nitrogens with zero attached hydrogens (tertiary/aromatic N) is 2. The summed E-state index contributed by atoms with van der Waals surface area (Å²) in [6.07, 6.45) is 0.399. The lowest BCUT2D eigenvalue weighted by atomic mass is 10.1. The molecule has 3 amide bonds. The van der Waals surface area contributed by atoms with Crippen LogP contribution in [0.1, 0.15) is 27.2 Å². The highest BCUT2D eigenvalue weighted by Gasteiger charge is 2.25. The molecule has 1 aliphatic heterocycles. The van der Waals surface area contributed by atoms with Crippen LogP contribution in [0.4, 0.5) is 15.3 Å². The summed E-state index contributed by atoms with van der Waals surface area (Å²) >= 11 is 0. The van der Waals surface area contributed by atoms with Gasteiger partial charge >= 0.3 is 12.1 Å². The van der Waals surface area contributed by atoms with Crippen molar-refractivity contribution in [3.63, 3.8) is 0 Å². The number of urea groups is 1. The third-order valence-corrected chi connectivity index (χ3v) is 4.68. The quantitative estimate of drug-likeness (QED) is 0.792. The Morgan fingerprint density at radius 1 is 0.828 bits per heavy atom. The molecule has 1 N–H and O–H groups in total. The first-order valence-electron chi connectivity index (χ1n) is 10.0. The summed E-state index contributed by atoms with van der Waals surface area (Å²) in [6.45, 7) is 7.70. The summed E-state index contributed by atoms with van der Waals surface area (Å²) in [5.41, 5.74) is 2.47. The molecule has 0 aliphatic carbocycles. The number of benzene rings is 2. The van der Waals surface area contributed by atoms with E-state index in [4.69, 9.17) is 4.74 Å². The van der Waals surface area contributed by atoms with Gasteiger partial charge < -0.3 is 19.9 Å². The van der Waals surface area contributed by atoms with Gasteiger partial charge in [0.05, 0.1) is 0 Å². The molecule has 2 aromatic carbocycles. The number of rotatable bonds is 2. The van der Waals surface area contributed by atoms with Gasteiger partial charge in [-0.2, -0.15) is 0 Å². The van der Waals surface area contributed by atoms with E-state index in [1.54, 1.807) is 9.80 Å². The maximum absolute atomic E-state index is 12.7. The van der Waals surface area contributed by atoms with E-state index in [0.29, 0.717) is 26.2 Å². The second-order valence-corrected chi connectivity index (χ2v) is 8.18. The molecule has 0 spiro atoms. The lowest BCUT2D eigenvalue weighted by Gasteiger charge is -2.26. The topological polar surface area (TPSA) is 61.9 Å². The van der Waals surface area contributed by atoms with Gasteiger partial charge in [0.25, 0.3) is 0 Å². The Morgan fingerprint density at radius 2 is 1.41 bits per heavy atom. The minimum Gasteiger partial charge on any atom is -0.444 e. The second kappa shape index (κ2) is 8.99. The van der Waals surface area contributed by atoms with Crippen LogP contribution in [0.3, 0.4) is 0 Å². The fourth-order valence-corrected chi connectivity index (χ4v) is 3.21. The molecule has 1 heterocycles. The van der Waals surface area contributed by atoms with Crippen LogP contribution in [-0.4, -0.2) is 53.7 Å². The number of hydrogen-bond acceptors (Lipinski definition) is 3. The highest BCUT2D eigenvalue weighted by molar-refractivity contribution is 5.89. The zero-order valence-electron chi connectivity index (χ0n) is 17.4. The minimum atomic E-state index is -0.521. The van der Waals surface area contributed by atoms with Gasteiger partial charge in [-0.25, -0.2) is 9.59 Å². The van der Waals surface area contributed by atoms with Crippen molar-refractivity contribution < 1.29 is 14.3 Å². The van der Waals surface area contributed by atoms with Crippen molar-refractivity contribution in [3.05, 3.63) is 54.6 Å². The number of anilines is 1. The van der Waals surface area contributed by atoms with E-state index in [2.05, 4.69) is 17.4 Å². The Morgan fingerprint density at radius 3 is 2.07 bits per heavy atom. The molecule has 1 saturated heterocycles. The summed E-state index contributed by atoms with van der Waals surface area (Å²) in [5, 5.41) is 2.95. The van der Waals surface area contributed by atoms with Crippen molar-refractivity contribution in [2.24, 2.45) is 0 Å². The van der Waals surface area contributed by atoms with E-state index < -0.39 is 5.60 Å². The van der Waals surface area contributed by atoms with Crippen LogP contribution in [-0.2, 0) is 4.74 Å². The molecule has 0 atom stereocenters. The summed E-state index contributed by atoms with van der Waals surface area (Å²) in [4.78, 5) is 28.3. The number of nitrogens with one attached hydrogen (secondary N) is 1. The highest BCUT2D eigenvalue weighted by Crippen LogP contribution is 2.21. The summed E-state index contributed by atoms with van der Waals surface area (Å²) in [5.74, 6) is 0. The fraction of sp³-hybridized carbons (Fsp3) is 0.391. The summed E-state index contributed by atoms with van der Waals surface area (Å²) in [6, 6.07) is 17.8. The molecule has 6 nitrogen and oxygen atoms in total. The second-order valence-electron chi connectivity index (χ2n) is 8.18. The molecule has 29 heavy (non-hydrogen) atoms. The minimum absolute atomic E-state index is 0.150. The number of amides is 3. The first kappa shape index (κ1) is 20.7. The summed E-state index contributed by atoms with van der Waals surface area (Å²) in [7, 11) is 0. The first-order chi connectivity index (χ1) is 13.8. The van der Waals surface area contributed by atoms with Gasteiger partial charge in [0, 0.05) is 31.9 Å². The Bertz CT molecular complexity index is 829. The maximum Gasteiger partial charge on any atom is 0.410 e. The van der Waals surface area contributed by atoms with E-state index in [-0.39, 0.29) is 12.1 Å². The van der Waals surface area contributed by atoms with Gasteiger partial charge in [-0.1, -0.05) is 42.5 Å². The van der Waals surface area contributed by atoms with Crippen molar-refractivity contribution >= 4 is 17.8 Å². The average molecular weight is 396 g/mol. The molecule has 0 saturated carbocycles.